The van der Waals surface area contributed by atoms with Crippen LogP contribution in [0.4, 0.5) is 0 Å². The summed E-state index contributed by atoms with van der Waals surface area (Å²) in [5, 5.41) is 1.19. The summed E-state index contributed by atoms with van der Waals surface area (Å²) in [7, 11) is 0. The molecule has 1 N–H and O–H groups in total. The van der Waals surface area contributed by atoms with Crippen LogP contribution in [0.5, 0.6) is 0 Å². The predicted molar refractivity (Wildman–Crippen MR) is 113 cm³/mol. The zero-order valence-corrected chi connectivity index (χ0v) is 15.9. The molecule has 1 amide bonds. The van der Waals surface area contributed by atoms with Crippen LogP contribution in [0, 0.1) is 6.92 Å². The summed E-state index contributed by atoms with van der Waals surface area (Å²) >= 11 is 0. The second-order valence-electron chi connectivity index (χ2n) is 7.43. The summed E-state index contributed by atoms with van der Waals surface area (Å²) in [6, 6.07) is 26.7. The van der Waals surface area contributed by atoms with Gasteiger partial charge < -0.3 is 9.88 Å². The molecule has 5 rings (SSSR count). The van der Waals surface area contributed by atoms with Crippen molar-refractivity contribution in [3.8, 4) is 0 Å². The SMILES string of the molecule is Cc1[nH]c2ccccc2c1[C@@H]1c2ccccc2C(=O)N1CCc1ccccc1. The highest BCUT2D eigenvalue weighted by Crippen LogP contribution is 2.42. The molecule has 1 aromatic heterocycles. The maximum atomic E-state index is 13.3. The van der Waals surface area contributed by atoms with E-state index in [4.69, 9.17) is 0 Å². The van der Waals surface area contributed by atoms with Gasteiger partial charge in [-0.1, -0.05) is 66.7 Å². The summed E-state index contributed by atoms with van der Waals surface area (Å²) in [5.74, 6) is 0.126. The van der Waals surface area contributed by atoms with Crippen molar-refractivity contribution in [2.24, 2.45) is 0 Å². The number of aromatic nitrogens is 1. The van der Waals surface area contributed by atoms with E-state index in [1.165, 1.54) is 16.5 Å². The molecule has 0 bridgehead atoms. The number of fused-ring (bicyclic) bond motifs is 2. The number of aromatic amines is 1. The van der Waals surface area contributed by atoms with E-state index in [1.807, 2.05) is 35.2 Å². The minimum Gasteiger partial charge on any atom is -0.358 e. The Bertz CT molecular complexity index is 1160. The highest BCUT2D eigenvalue weighted by Gasteiger charge is 2.39. The van der Waals surface area contributed by atoms with Crippen molar-refractivity contribution in [1.29, 1.82) is 0 Å². The van der Waals surface area contributed by atoms with E-state index in [0.29, 0.717) is 6.54 Å². The number of carbonyl (C=O) groups excluding carboxylic acids is 1. The molecule has 0 spiro atoms. The Labute approximate surface area is 164 Å². The summed E-state index contributed by atoms with van der Waals surface area (Å²) in [4.78, 5) is 18.8. The summed E-state index contributed by atoms with van der Waals surface area (Å²) < 4.78 is 0. The van der Waals surface area contributed by atoms with Gasteiger partial charge in [-0.05, 0) is 36.6 Å². The first-order chi connectivity index (χ1) is 13.7. The minimum atomic E-state index is -0.0523. The molecule has 1 aliphatic rings. The van der Waals surface area contributed by atoms with E-state index >= 15 is 0 Å². The average Bonchev–Trinajstić information content (AvgIpc) is 3.20. The van der Waals surface area contributed by atoms with Crippen LogP contribution in [0.25, 0.3) is 10.9 Å². The molecule has 4 aromatic rings. The van der Waals surface area contributed by atoms with Gasteiger partial charge in [0.1, 0.15) is 0 Å². The van der Waals surface area contributed by atoms with Crippen molar-refractivity contribution in [1.82, 2.24) is 9.88 Å². The van der Waals surface area contributed by atoms with Gasteiger partial charge in [0, 0.05) is 34.3 Å². The zero-order valence-electron chi connectivity index (χ0n) is 15.9. The van der Waals surface area contributed by atoms with Gasteiger partial charge in [-0.15, -0.1) is 0 Å². The second kappa shape index (κ2) is 6.68. The van der Waals surface area contributed by atoms with E-state index in [-0.39, 0.29) is 11.9 Å². The van der Waals surface area contributed by atoms with Crippen LogP contribution in [-0.2, 0) is 6.42 Å². The highest BCUT2D eigenvalue weighted by molar-refractivity contribution is 6.01. The van der Waals surface area contributed by atoms with Gasteiger partial charge in [0.15, 0.2) is 0 Å². The summed E-state index contributed by atoms with van der Waals surface area (Å²) in [6.45, 7) is 2.80. The topological polar surface area (TPSA) is 36.1 Å². The number of aryl methyl sites for hydroxylation is 1. The molecule has 0 unspecified atom stereocenters. The van der Waals surface area contributed by atoms with Crippen LogP contribution >= 0.6 is 0 Å². The van der Waals surface area contributed by atoms with E-state index < -0.39 is 0 Å². The molecule has 3 aromatic carbocycles. The molecule has 1 aliphatic heterocycles. The van der Waals surface area contributed by atoms with Crippen molar-refractivity contribution in [3.63, 3.8) is 0 Å². The van der Waals surface area contributed by atoms with Crippen molar-refractivity contribution >= 4 is 16.8 Å². The lowest BCUT2D eigenvalue weighted by molar-refractivity contribution is 0.0752. The Morgan fingerprint density at radius 2 is 1.61 bits per heavy atom. The Hall–Kier alpha value is -3.33. The van der Waals surface area contributed by atoms with Crippen molar-refractivity contribution < 1.29 is 4.79 Å². The molecule has 28 heavy (non-hydrogen) atoms. The third-order valence-corrected chi connectivity index (χ3v) is 5.76. The monoisotopic (exact) mass is 366 g/mol. The third-order valence-electron chi connectivity index (χ3n) is 5.76. The van der Waals surface area contributed by atoms with Gasteiger partial charge in [0.2, 0.25) is 0 Å². The van der Waals surface area contributed by atoms with Crippen LogP contribution in [0.2, 0.25) is 0 Å². The predicted octanol–water partition coefficient (Wildman–Crippen LogP) is 5.26. The quantitative estimate of drug-likeness (QED) is 0.525. The van der Waals surface area contributed by atoms with Gasteiger partial charge in [-0.25, -0.2) is 0 Å². The van der Waals surface area contributed by atoms with Gasteiger partial charge in [0.25, 0.3) is 5.91 Å². The third kappa shape index (κ3) is 2.63. The van der Waals surface area contributed by atoms with Gasteiger partial charge in [-0.2, -0.15) is 0 Å². The molecule has 0 saturated heterocycles. The standard InChI is InChI=1S/C25H22N2O/c1-17-23(21-13-7-8-14-22(21)26-17)24-19-11-5-6-12-20(19)25(28)27(24)16-15-18-9-3-2-4-10-18/h2-14,24,26H,15-16H2,1H3/t24-/m0/s1. The summed E-state index contributed by atoms with van der Waals surface area (Å²) in [5.41, 5.74) is 6.64. The normalized spacial score (nSPS) is 16.0. The van der Waals surface area contributed by atoms with Crippen LogP contribution in [0.3, 0.4) is 0 Å². The van der Waals surface area contributed by atoms with Crippen molar-refractivity contribution in [2.45, 2.75) is 19.4 Å². The number of nitrogens with one attached hydrogen (secondary N) is 1. The fourth-order valence-electron chi connectivity index (χ4n) is 4.46. The fourth-order valence-corrected chi connectivity index (χ4v) is 4.46. The second-order valence-corrected chi connectivity index (χ2v) is 7.43. The first kappa shape index (κ1) is 16.8. The van der Waals surface area contributed by atoms with Gasteiger partial charge in [0.05, 0.1) is 6.04 Å². The first-order valence-corrected chi connectivity index (χ1v) is 9.75. The highest BCUT2D eigenvalue weighted by atomic mass is 16.2. The first-order valence-electron chi connectivity index (χ1n) is 9.75. The Morgan fingerprint density at radius 1 is 0.893 bits per heavy atom. The number of carbonyl (C=O) groups is 1. The average molecular weight is 366 g/mol. The molecular formula is C25H22N2O. The Morgan fingerprint density at radius 3 is 2.46 bits per heavy atom. The fraction of sp³-hybridized carbons (Fsp3) is 0.160. The van der Waals surface area contributed by atoms with E-state index in [9.17, 15) is 4.79 Å². The number of rotatable bonds is 4. The van der Waals surface area contributed by atoms with Crippen LogP contribution < -0.4 is 0 Å². The van der Waals surface area contributed by atoms with E-state index in [1.54, 1.807) is 0 Å². The Kier molecular flexibility index (Phi) is 4.01. The zero-order chi connectivity index (χ0) is 19.1. The van der Waals surface area contributed by atoms with Crippen molar-refractivity contribution in [2.75, 3.05) is 6.54 Å². The van der Waals surface area contributed by atoms with Crippen LogP contribution in [-0.4, -0.2) is 22.3 Å². The number of para-hydroxylation sites is 1. The van der Waals surface area contributed by atoms with E-state index in [2.05, 4.69) is 60.4 Å². The molecule has 0 fully saturated rings. The molecule has 138 valence electrons. The largest absolute Gasteiger partial charge is 0.358 e. The lowest BCUT2D eigenvalue weighted by atomic mass is 9.95. The molecular weight excluding hydrogens is 344 g/mol. The number of nitrogens with zero attached hydrogens (tertiary/aromatic N) is 1. The lowest BCUT2D eigenvalue weighted by Crippen LogP contribution is -2.31. The molecule has 1 atom stereocenters. The minimum absolute atomic E-state index is 0.0523. The number of H-pyrrole nitrogens is 1. The molecule has 0 saturated carbocycles. The van der Waals surface area contributed by atoms with Crippen LogP contribution in [0.1, 0.15) is 38.8 Å². The number of benzene rings is 3. The number of hydrogen-bond donors (Lipinski definition) is 1. The Balaban J connectivity index is 1.61. The number of amides is 1. The molecule has 0 aliphatic carbocycles. The van der Waals surface area contributed by atoms with Crippen molar-refractivity contribution in [3.05, 3.63) is 107 Å². The van der Waals surface area contributed by atoms with Crippen LogP contribution in [0.15, 0.2) is 78.9 Å². The smallest absolute Gasteiger partial charge is 0.255 e. The molecule has 0 radical (unpaired) electrons. The lowest BCUT2D eigenvalue weighted by Gasteiger charge is -2.26. The van der Waals surface area contributed by atoms with Gasteiger partial charge >= 0.3 is 0 Å². The van der Waals surface area contributed by atoms with E-state index in [0.717, 1.165) is 28.8 Å². The number of hydrogen-bond acceptors (Lipinski definition) is 1. The molecule has 2 heterocycles. The van der Waals surface area contributed by atoms with Gasteiger partial charge in [-0.3, -0.25) is 4.79 Å². The summed E-state index contributed by atoms with van der Waals surface area (Å²) in [6.07, 6.45) is 0.846. The maximum absolute atomic E-state index is 13.3. The molecule has 3 nitrogen and oxygen atoms in total. The molecule has 3 heteroatoms. The maximum Gasteiger partial charge on any atom is 0.255 e.